The van der Waals surface area contributed by atoms with Gasteiger partial charge in [-0.05, 0) is 23.6 Å². The van der Waals surface area contributed by atoms with Crippen molar-refractivity contribution in [1.82, 2.24) is 5.32 Å². The number of nitrogens with one attached hydrogen (secondary N) is 1. The first-order valence-corrected chi connectivity index (χ1v) is 8.00. The van der Waals surface area contributed by atoms with E-state index >= 15 is 0 Å². The SMILES string of the molecule is COc1cc(OC)c(OC)cc1/C=C1/N=C(c2cccs2)NC1=O. The monoisotopic (exact) mass is 344 g/mol. The van der Waals surface area contributed by atoms with E-state index in [1.165, 1.54) is 11.3 Å². The molecule has 1 amide bonds. The van der Waals surface area contributed by atoms with E-state index in [0.717, 1.165) is 4.88 Å². The van der Waals surface area contributed by atoms with Crippen molar-refractivity contribution in [2.45, 2.75) is 0 Å². The Hall–Kier alpha value is -2.80. The van der Waals surface area contributed by atoms with Crippen molar-refractivity contribution < 1.29 is 19.0 Å². The van der Waals surface area contributed by atoms with Crippen molar-refractivity contribution in [1.29, 1.82) is 0 Å². The van der Waals surface area contributed by atoms with Crippen LogP contribution in [0.4, 0.5) is 0 Å². The van der Waals surface area contributed by atoms with Crippen LogP contribution < -0.4 is 19.5 Å². The smallest absolute Gasteiger partial charge is 0.275 e. The molecule has 24 heavy (non-hydrogen) atoms. The second-order valence-corrected chi connectivity index (χ2v) is 5.82. The van der Waals surface area contributed by atoms with Gasteiger partial charge in [0.1, 0.15) is 11.4 Å². The largest absolute Gasteiger partial charge is 0.496 e. The van der Waals surface area contributed by atoms with Crippen LogP contribution in [-0.4, -0.2) is 33.1 Å². The number of hydrogen-bond donors (Lipinski definition) is 1. The Morgan fingerprint density at radius 3 is 2.42 bits per heavy atom. The van der Waals surface area contributed by atoms with Gasteiger partial charge in [0.15, 0.2) is 17.3 Å². The molecule has 0 fully saturated rings. The molecule has 1 aromatic carbocycles. The highest BCUT2D eigenvalue weighted by Gasteiger charge is 2.22. The normalized spacial score (nSPS) is 15.2. The number of carbonyl (C=O) groups excluding carboxylic acids is 1. The van der Waals surface area contributed by atoms with Crippen LogP contribution in [0.5, 0.6) is 17.2 Å². The molecule has 0 saturated heterocycles. The summed E-state index contributed by atoms with van der Waals surface area (Å²) in [5.74, 6) is 1.96. The van der Waals surface area contributed by atoms with E-state index in [4.69, 9.17) is 14.2 Å². The number of carbonyl (C=O) groups is 1. The molecular weight excluding hydrogens is 328 g/mol. The molecule has 0 saturated carbocycles. The van der Waals surface area contributed by atoms with Crippen molar-refractivity contribution in [3.8, 4) is 17.2 Å². The van der Waals surface area contributed by atoms with Crippen molar-refractivity contribution in [3.63, 3.8) is 0 Å². The minimum absolute atomic E-state index is 0.254. The van der Waals surface area contributed by atoms with Gasteiger partial charge in [-0.3, -0.25) is 4.79 Å². The highest BCUT2D eigenvalue weighted by Crippen LogP contribution is 2.36. The molecular formula is C17H16N2O4S. The molecule has 1 N–H and O–H groups in total. The van der Waals surface area contributed by atoms with Crippen LogP contribution in [-0.2, 0) is 4.79 Å². The highest BCUT2D eigenvalue weighted by atomic mass is 32.1. The standard InChI is InChI=1S/C17H16N2O4S/c1-21-12-9-14(23-3)13(22-2)8-10(12)7-11-17(20)19-16(18-11)15-5-4-6-24-15/h4-9H,1-3H3,(H,18,19,20)/b11-7+. The summed E-state index contributed by atoms with van der Waals surface area (Å²) in [6.45, 7) is 0. The minimum atomic E-state index is -0.254. The highest BCUT2D eigenvalue weighted by molar-refractivity contribution is 7.12. The molecule has 1 aliphatic heterocycles. The molecule has 2 aromatic rings. The number of amidine groups is 1. The first kappa shape index (κ1) is 16.1. The fraction of sp³-hybridized carbons (Fsp3) is 0.176. The van der Waals surface area contributed by atoms with Crippen molar-refractivity contribution in [2.75, 3.05) is 21.3 Å². The second kappa shape index (κ2) is 6.76. The Labute approximate surface area is 143 Å². The Kier molecular flexibility index (Phi) is 4.52. The van der Waals surface area contributed by atoms with Crippen LogP contribution in [0.3, 0.4) is 0 Å². The summed E-state index contributed by atoms with van der Waals surface area (Å²) >= 11 is 1.52. The maximum Gasteiger partial charge on any atom is 0.275 e. The maximum absolute atomic E-state index is 12.2. The predicted octanol–water partition coefficient (Wildman–Crippen LogP) is 2.69. The number of amides is 1. The van der Waals surface area contributed by atoms with Gasteiger partial charge in [0.25, 0.3) is 5.91 Å². The third-order valence-electron chi connectivity index (χ3n) is 3.48. The van der Waals surface area contributed by atoms with E-state index in [9.17, 15) is 4.79 Å². The fourth-order valence-corrected chi connectivity index (χ4v) is 2.98. The molecule has 3 rings (SSSR count). The van der Waals surface area contributed by atoms with Gasteiger partial charge in [-0.2, -0.15) is 0 Å². The number of methoxy groups -OCH3 is 3. The van der Waals surface area contributed by atoms with Crippen LogP contribution in [0.1, 0.15) is 10.4 Å². The quantitative estimate of drug-likeness (QED) is 0.847. The Balaban J connectivity index is 2.03. The van der Waals surface area contributed by atoms with Gasteiger partial charge in [-0.25, -0.2) is 4.99 Å². The molecule has 0 bridgehead atoms. The van der Waals surface area contributed by atoms with Crippen molar-refractivity contribution >= 4 is 29.2 Å². The lowest BCUT2D eigenvalue weighted by Crippen LogP contribution is -2.23. The molecule has 1 aromatic heterocycles. The van der Waals surface area contributed by atoms with E-state index in [1.54, 1.807) is 39.5 Å². The molecule has 0 unspecified atom stereocenters. The van der Waals surface area contributed by atoms with E-state index < -0.39 is 0 Å². The van der Waals surface area contributed by atoms with Crippen LogP contribution in [0.15, 0.2) is 40.3 Å². The van der Waals surface area contributed by atoms with Gasteiger partial charge < -0.3 is 19.5 Å². The third-order valence-corrected chi connectivity index (χ3v) is 4.36. The Morgan fingerprint density at radius 2 is 1.79 bits per heavy atom. The van der Waals surface area contributed by atoms with Gasteiger partial charge in [0.05, 0.1) is 26.2 Å². The zero-order valence-corrected chi connectivity index (χ0v) is 14.3. The van der Waals surface area contributed by atoms with E-state index in [1.807, 2.05) is 17.5 Å². The minimum Gasteiger partial charge on any atom is -0.496 e. The summed E-state index contributed by atoms with van der Waals surface area (Å²) < 4.78 is 15.9. The fourth-order valence-electron chi connectivity index (χ4n) is 2.31. The van der Waals surface area contributed by atoms with E-state index in [-0.39, 0.29) is 5.91 Å². The van der Waals surface area contributed by atoms with Gasteiger partial charge in [0.2, 0.25) is 0 Å². The van der Waals surface area contributed by atoms with Gasteiger partial charge in [-0.15, -0.1) is 11.3 Å². The number of ether oxygens (including phenoxy) is 3. The van der Waals surface area contributed by atoms with Crippen molar-refractivity contribution in [3.05, 3.63) is 45.8 Å². The van der Waals surface area contributed by atoms with Crippen LogP contribution >= 0.6 is 11.3 Å². The van der Waals surface area contributed by atoms with E-state index in [0.29, 0.717) is 34.3 Å². The number of rotatable bonds is 5. The van der Waals surface area contributed by atoms with Crippen molar-refractivity contribution in [2.24, 2.45) is 4.99 Å². The van der Waals surface area contributed by atoms with Gasteiger partial charge >= 0.3 is 0 Å². The molecule has 0 aliphatic carbocycles. The topological polar surface area (TPSA) is 69.2 Å². The number of nitrogens with zero attached hydrogens (tertiary/aromatic N) is 1. The molecule has 0 radical (unpaired) electrons. The summed E-state index contributed by atoms with van der Waals surface area (Å²) in [7, 11) is 4.66. The lowest BCUT2D eigenvalue weighted by atomic mass is 10.1. The molecule has 7 heteroatoms. The van der Waals surface area contributed by atoms with Crippen LogP contribution in [0.25, 0.3) is 6.08 Å². The number of hydrogen-bond acceptors (Lipinski definition) is 6. The van der Waals surface area contributed by atoms with Crippen LogP contribution in [0.2, 0.25) is 0 Å². The Bertz CT molecular complexity index is 825. The van der Waals surface area contributed by atoms with Gasteiger partial charge in [-0.1, -0.05) is 6.07 Å². The lowest BCUT2D eigenvalue weighted by molar-refractivity contribution is -0.115. The average molecular weight is 344 g/mol. The first-order chi connectivity index (χ1) is 11.7. The summed E-state index contributed by atoms with van der Waals surface area (Å²) in [5, 5.41) is 4.71. The maximum atomic E-state index is 12.2. The number of aliphatic imine (C=N–C) groups is 1. The molecule has 2 heterocycles. The lowest BCUT2D eigenvalue weighted by Gasteiger charge is -2.12. The van der Waals surface area contributed by atoms with E-state index in [2.05, 4.69) is 10.3 Å². The summed E-state index contributed by atoms with van der Waals surface area (Å²) in [6.07, 6.45) is 1.66. The molecule has 0 atom stereocenters. The van der Waals surface area contributed by atoms with Gasteiger partial charge in [0, 0.05) is 11.6 Å². The first-order valence-electron chi connectivity index (χ1n) is 7.12. The number of benzene rings is 1. The third kappa shape index (κ3) is 2.98. The molecule has 6 nitrogen and oxygen atoms in total. The zero-order valence-electron chi connectivity index (χ0n) is 13.5. The molecule has 1 aliphatic rings. The zero-order chi connectivity index (χ0) is 17.1. The number of thiophene rings is 1. The Morgan fingerprint density at radius 1 is 1.08 bits per heavy atom. The molecule has 124 valence electrons. The summed E-state index contributed by atoms with van der Waals surface area (Å²) in [4.78, 5) is 17.5. The summed E-state index contributed by atoms with van der Waals surface area (Å²) in [5.41, 5.74) is 0.986. The summed E-state index contributed by atoms with van der Waals surface area (Å²) in [6, 6.07) is 7.27. The second-order valence-electron chi connectivity index (χ2n) is 4.87. The average Bonchev–Trinajstić information content (AvgIpc) is 3.24. The molecule has 0 spiro atoms. The predicted molar refractivity (Wildman–Crippen MR) is 93.1 cm³/mol. The van der Waals surface area contributed by atoms with Crippen LogP contribution in [0, 0.1) is 0 Å².